The fourth-order valence-electron chi connectivity index (χ4n) is 0. The van der Waals surface area contributed by atoms with E-state index < -0.39 is 17.9 Å². The van der Waals surface area contributed by atoms with Crippen LogP contribution in [0.1, 0.15) is 20.8 Å². The van der Waals surface area contributed by atoms with Crippen molar-refractivity contribution in [1.82, 2.24) is 0 Å². The first-order valence-corrected chi connectivity index (χ1v) is 2.72. The van der Waals surface area contributed by atoms with Gasteiger partial charge in [-0.15, -0.1) is 0 Å². The zero-order valence-electron chi connectivity index (χ0n) is 7.45. The van der Waals surface area contributed by atoms with Gasteiger partial charge in [-0.3, -0.25) is 0 Å². The summed E-state index contributed by atoms with van der Waals surface area (Å²) < 4.78 is 0. The Morgan fingerprint density at radius 2 is 0.714 bits per heavy atom. The molecular formula is C6H10CeNaO6. The van der Waals surface area contributed by atoms with Crippen LogP contribution in [0.15, 0.2) is 0 Å². The summed E-state index contributed by atoms with van der Waals surface area (Å²) in [5, 5.41) is 26.7. The molecular weight excluding hydrogens is 331 g/mol. The number of carbonyl (C=O) groups excluding carboxylic acids is 3. The molecule has 0 heterocycles. The first-order valence-electron chi connectivity index (χ1n) is 2.72. The van der Waals surface area contributed by atoms with Crippen molar-refractivity contribution in [3.63, 3.8) is 0 Å². The van der Waals surface area contributed by atoms with Gasteiger partial charge in [0, 0.05) is 17.9 Å². The Balaban J connectivity index is -0.0000000270. The van der Waals surface area contributed by atoms with Crippen LogP contribution in [0.25, 0.3) is 0 Å². The maximum absolute atomic E-state index is 8.89. The van der Waals surface area contributed by atoms with E-state index in [1.807, 2.05) is 0 Å². The van der Waals surface area contributed by atoms with Crippen LogP contribution in [-0.2, 0) is 14.4 Å². The Morgan fingerprint density at radius 3 is 0.714 bits per heavy atom. The Kier molecular flexibility index (Phi) is 49.3. The van der Waals surface area contributed by atoms with E-state index in [0.717, 1.165) is 20.8 Å². The second-order valence-corrected chi connectivity index (χ2v) is 1.47. The van der Waals surface area contributed by atoms with Gasteiger partial charge >= 0.3 is 71.3 Å². The average molecular weight is 341 g/mol. The van der Waals surface area contributed by atoms with Crippen LogP contribution in [0.5, 0.6) is 0 Å². The average Bonchev–Trinajstić information content (AvgIpc) is 1.54. The van der Waals surface area contributed by atoms with E-state index in [9.17, 15) is 0 Å². The van der Waals surface area contributed by atoms with Gasteiger partial charge in [-0.05, 0) is 20.8 Å². The van der Waals surface area contributed by atoms with Crippen molar-refractivity contribution in [2.75, 3.05) is 0 Å². The minimum absolute atomic E-state index is 0. The zero-order valence-corrected chi connectivity index (χ0v) is 10.6. The first kappa shape index (κ1) is 29.3. The van der Waals surface area contributed by atoms with Crippen LogP contribution in [0.4, 0.5) is 0 Å². The summed E-state index contributed by atoms with van der Waals surface area (Å²) in [7, 11) is 0. The van der Waals surface area contributed by atoms with E-state index in [1.54, 1.807) is 0 Å². The van der Waals surface area contributed by atoms with Gasteiger partial charge in [0.2, 0.25) is 0 Å². The number of carboxylic acid groups (broad SMARTS) is 3. The SMILES string of the molecule is CC(=O)[O-].CC(=O)[O-].CC(=O)[O-].[Ce+3].[NaH]. The van der Waals surface area contributed by atoms with Gasteiger partial charge in [0.15, 0.2) is 0 Å². The first-order chi connectivity index (χ1) is 5.20. The van der Waals surface area contributed by atoms with E-state index in [1.165, 1.54) is 0 Å². The molecule has 8 heteroatoms. The quantitative estimate of drug-likeness (QED) is 0.411. The Bertz CT molecular complexity index is 120. The molecule has 14 heavy (non-hydrogen) atoms. The summed E-state index contributed by atoms with van der Waals surface area (Å²) in [4.78, 5) is 26.7. The summed E-state index contributed by atoms with van der Waals surface area (Å²) in [5.41, 5.74) is 0. The molecule has 0 aliphatic rings. The number of carboxylic acids is 3. The van der Waals surface area contributed by atoms with Crippen LogP contribution in [0.3, 0.4) is 0 Å². The molecule has 0 spiro atoms. The molecule has 0 aromatic carbocycles. The molecule has 75 valence electrons. The van der Waals surface area contributed by atoms with Crippen molar-refractivity contribution in [2.45, 2.75) is 20.8 Å². The summed E-state index contributed by atoms with van der Waals surface area (Å²) in [6, 6.07) is 0. The molecule has 6 nitrogen and oxygen atoms in total. The molecule has 0 atom stereocenters. The number of carbonyl (C=O) groups is 3. The third kappa shape index (κ3) is 2870. The predicted octanol–water partition coefficient (Wildman–Crippen LogP) is -4.38. The molecule has 0 N–H and O–H groups in total. The molecule has 0 saturated carbocycles. The normalized spacial score (nSPS) is 5.36. The Morgan fingerprint density at radius 1 is 0.714 bits per heavy atom. The zero-order chi connectivity index (χ0) is 10.7. The second-order valence-electron chi connectivity index (χ2n) is 1.47. The third-order valence-electron chi connectivity index (χ3n) is 0. The van der Waals surface area contributed by atoms with Crippen LogP contribution in [0, 0.1) is 41.7 Å². The second kappa shape index (κ2) is 23.5. The molecule has 0 aliphatic carbocycles. The van der Waals surface area contributed by atoms with Gasteiger partial charge in [0.1, 0.15) is 0 Å². The molecule has 0 aliphatic heterocycles. The van der Waals surface area contributed by atoms with Crippen molar-refractivity contribution in [1.29, 1.82) is 0 Å². The predicted molar refractivity (Wildman–Crippen MR) is 39.2 cm³/mol. The van der Waals surface area contributed by atoms with Gasteiger partial charge < -0.3 is 29.7 Å². The summed E-state index contributed by atoms with van der Waals surface area (Å²) in [6.07, 6.45) is 0. The van der Waals surface area contributed by atoms with Gasteiger partial charge in [-0.25, -0.2) is 0 Å². The summed E-state index contributed by atoms with van der Waals surface area (Å²) in [5.74, 6) is -3.25. The number of aliphatic carboxylic acids is 3. The molecule has 0 amide bonds. The Labute approximate surface area is 138 Å². The van der Waals surface area contributed by atoms with Gasteiger partial charge in [-0.2, -0.15) is 0 Å². The standard InChI is InChI=1S/3C2H4O2.Ce.Na.H/c3*1-2(3)4;;;/h3*1H3,(H,3,4);;;/q;;;+3;;/p-3. The topological polar surface area (TPSA) is 120 Å². The van der Waals surface area contributed by atoms with Crippen molar-refractivity contribution in [3.05, 3.63) is 0 Å². The van der Waals surface area contributed by atoms with Crippen LogP contribution in [-0.4, -0.2) is 47.5 Å². The third-order valence-corrected chi connectivity index (χ3v) is 0. The van der Waals surface area contributed by atoms with Gasteiger partial charge in [-0.1, -0.05) is 0 Å². The molecule has 0 bridgehead atoms. The molecule has 0 fully saturated rings. The molecule has 1 radical (unpaired) electrons. The van der Waals surface area contributed by atoms with E-state index >= 15 is 0 Å². The number of rotatable bonds is 0. The number of hydrogen-bond donors (Lipinski definition) is 0. The van der Waals surface area contributed by atoms with Crippen molar-refractivity contribution < 1.29 is 71.5 Å². The van der Waals surface area contributed by atoms with E-state index in [0.29, 0.717) is 0 Å². The van der Waals surface area contributed by atoms with E-state index in [2.05, 4.69) is 0 Å². The van der Waals surface area contributed by atoms with Crippen molar-refractivity contribution in [3.8, 4) is 0 Å². The van der Waals surface area contributed by atoms with Crippen LogP contribution in [0.2, 0.25) is 0 Å². The van der Waals surface area contributed by atoms with Crippen molar-refractivity contribution in [2.24, 2.45) is 0 Å². The summed E-state index contributed by atoms with van der Waals surface area (Å²) >= 11 is 0. The van der Waals surface area contributed by atoms with E-state index in [-0.39, 0.29) is 71.3 Å². The monoisotopic (exact) mass is 341 g/mol. The fraction of sp³-hybridized carbons (Fsp3) is 0.500. The van der Waals surface area contributed by atoms with Gasteiger partial charge in [0.25, 0.3) is 0 Å². The summed E-state index contributed by atoms with van der Waals surface area (Å²) in [6.45, 7) is 2.92. The minimum atomic E-state index is -1.08. The van der Waals surface area contributed by atoms with Crippen LogP contribution >= 0.6 is 0 Å². The maximum atomic E-state index is 8.89. The van der Waals surface area contributed by atoms with E-state index in [4.69, 9.17) is 29.7 Å². The molecule has 0 unspecified atom stereocenters. The fourth-order valence-corrected chi connectivity index (χ4v) is 0. The van der Waals surface area contributed by atoms with Gasteiger partial charge in [0.05, 0.1) is 0 Å². The molecule has 0 rings (SSSR count). The molecule has 0 aromatic heterocycles. The molecule has 0 saturated heterocycles. The van der Waals surface area contributed by atoms with Crippen molar-refractivity contribution >= 4 is 47.5 Å². The Hall–Kier alpha value is 0.787. The number of hydrogen-bond acceptors (Lipinski definition) is 6. The molecule has 0 aromatic rings. The van der Waals surface area contributed by atoms with Crippen LogP contribution < -0.4 is 15.3 Å².